The lowest BCUT2D eigenvalue weighted by Crippen LogP contribution is -2.40. The summed E-state index contributed by atoms with van der Waals surface area (Å²) in [5.41, 5.74) is 0. The van der Waals surface area contributed by atoms with Crippen molar-refractivity contribution in [3.05, 3.63) is 72.9 Å². The van der Waals surface area contributed by atoms with Gasteiger partial charge in [0.25, 0.3) is 6.29 Å². The van der Waals surface area contributed by atoms with E-state index in [-0.39, 0.29) is 32.2 Å². The summed E-state index contributed by atoms with van der Waals surface area (Å²) >= 11 is 0. The van der Waals surface area contributed by atoms with Gasteiger partial charge in [-0.05, 0) is 64.2 Å². The number of carbonyl (C=O) groups is 3. The van der Waals surface area contributed by atoms with Crippen LogP contribution in [0.15, 0.2) is 72.9 Å². The van der Waals surface area contributed by atoms with E-state index in [1.807, 2.05) is 21.1 Å². The zero-order valence-corrected chi connectivity index (χ0v) is 53.0. The van der Waals surface area contributed by atoms with Crippen LogP contribution in [0.1, 0.15) is 303 Å². The fraction of sp³-hybridized carbons (Fsp3) is 0.789. The van der Waals surface area contributed by atoms with E-state index in [0.29, 0.717) is 17.4 Å². The van der Waals surface area contributed by atoms with Crippen molar-refractivity contribution < 1.29 is 42.9 Å². The summed E-state index contributed by atoms with van der Waals surface area (Å²) < 4.78 is 23.0. The van der Waals surface area contributed by atoms with Crippen LogP contribution in [0.2, 0.25) is 0 Å². The number of quaternary nitrogens is 1. The van der Waals surface area contributed by atoms with Gasteiger partial charge in [0, 0.05) is 12.8 Å². The van der Waals surface area contributed by atoms with Gasteiger partial charge in [-0.2, -0.15) is 0 Å². The highest BCUT2D eigenvalue weighted by Gasteiger charge is 2.25. The molecule has 0 fully saturated rings. The molecule has 0 aliphatic rings. The molecule has 0 heterocycles. The standard InChI is InChI=1S/C71H127NO8/c1-6-8-10-12-14-16-18-20-22-24-26-28-30-32-33-34-35-36-37-38-40-42-44-46-48-50-52-54-56-58-60-62-69(74)80-67(66-79-71(70(75)76)77-64-63-72(3,4)5)65-78-68(73)61-59-57-55-53-51-49-47-45-43-41-39-31-29-27-25-23-21-19-17-15-13-11-9-7-2/h8,10,14,16,20,22,26,28,32-33,35-36,67,71H,6-7,9,11-13,15,17-19,21,23-25,27,29-31,34,37-66H2,1-5H3/p+1/b10-8-,16-14-,22-20-,28-26-,33-32-,36-35-. The lowest BCUT2D eigenvalue weighted by atomic mass is 10.0. The topological polar surface area (TPSA) is 108 Å². The molecule has 0 amide bonds. The minimum Gasteiger partial charge on any atom is -0.477 e. The molecule has 2 unspecified atom stereocenters. The molecule has 1 N–H and O–H groups in total. The molecule has 0 spiro atoms. The first-order valence-electron chi connectivity index (χ1n) is 33.6. The summed E-state index contributed by atoms with van der Waals surface area (Å²) in [5, 5.41) is 9.74. The number of allylic oxidation sites excluding steroid dienone is 12. The normalized spacial score (nSPS) is 13.2. The first-order chi connectivity index (χ1) is 39.1. The van der Waals surface area contributed by atoms with Crippen LogP contribution in [0, 0.1) is 0 Å². The van der Waals surface area contributed by atoms with E-state index < -0.39 is 24.3 Å². The Morgan fingerprint density at radius 2 is 0.713 bits per heavy atom. The maximum Gasteiger partial charge on any atom is 0.361 e. The number of nitrogens with zero attached hydrogens (tertiary/aromatic N) is 1. The second kappa shape index (κ2) is 61.8. The Morgan fingerprint density at radius 1 is 0.388 bits per heavy atom. The van der Waals surface area contributed by atoms with Crippen LogP contribution >= 0.6 is 0 Å². The van der Waals surface area contributed by atoms with E-state index >= 15 is 0 Å². The molecule has 9 nitrogen and oxygen atoms in total. The number of ether oxygens (including phenoxy) is 4. The number of carbonyl (C=O) groups excluding carboxylic acids is 2. The van der Waals surface area contributed by atoms with Crippen LogP contribution in [-0.4, -0.2) is 87.4 Å². The third-order valence-corrected chi connectivity index (χ3v) is 14.7. The molecule has 464 valence electrons. The van der Waals surface area contributed by atoms with Gasteiger partial charge in [-0.25, -0.2) is 4.79 Å². The van der Waals surface area contributed by atoms with Crippen molar-refractivity contribution in [3.63, 3.8) is 0 Å². The number of likely N-dealkylation sites (N-methyl/N-ethyl adjacent to an activating group) is 1. The molecular weight excluding hydrogens is 995 g/mol. The fourth-order valence-corrected chi connectivity index (χ4v) is 9.61. The molecule has 0 bridgehead atoms. The first kappa shape index (κ1) is 76.7. The Kier molecular flexibility index (Phi) is 59.3. The van der Waals surface area contributed by atoms with Gasteiger partial charge in [-0.1, -0.05) is 299 Å². The number of carboxylic acids is 1. The van der Waals surface area contributed by atoms with Crippen molar-refractivity contribution in [2.24, 2.45) is 0 Å². The molecule has 2 atom stereocenters. The predicted molar refractivity (Wildman–Crippen MR) is 341 cm³/mol. The number of esters is 2. The van der Waals surface area contributed by atoms with E-state index in [9.17, 15) is 19.5 Å². The van der Waals surface area contributed by atoms with E-state index in [1.165, 1.54) is 193 Å². The van der Waals surface area contributed by atoms with Crippen molar-refractivity contribution in [3.8, 4) is 0 Å². The average molecular weight is 1120 g/mol. The van der Waals surface area contributed by atoms with E-state index in [2.05, 4.69) is 86.8 Å². The molecule has 0 radical (unpaired) electrons. The van der Waals surface area contributed by atoms with E-state index in [0.717, 1.165) is 83.5 Å². The van der Waals surface area contributed by atoms with E-state index in [1.54, 1.807) is 0 Å². The van der Waals surface area contributed by atoms with E-state index in [4.69, 9.17) is 18.9 Å². The van der Waals surface area contributed by atoms with Gasteiger partial charge in [-0.15, -0.1) is 0 Å². The van der Waals surface area contributed by atoms with Crippen LogP contribution in [0.3, 0.4) is 0 Å². The number of rotatable bonds is 62. The number of carboxylic acid groups (broad SMARTS) is 1. The van der Waals surface area contributed by atoms with Gasteiger partial charge in [0.15, 0.2) is 6.10 Å². The highest BCUT2D eigenvalue weighted by atomic mass is 16.7. The Morgan fingerprint density at radius 3 is 1.06 bits per heavy atom. The molecule has 80 heavy (non-hydrogen) atoms. The summed E-state index contributed by atoms with van der Waals surface area (Å²) in [6.07, 6.45) is 78.6. The summed E-state index contributed by atoms with van der Waals surface area (Å²) in [4.78, 5) is 37.6. The summed E-state index contributed by atoms with van der Waals surface area (Å²) in [7, 11) is 5.98. The molecular formula is C71H128NO8+. The number of hydrogen-bond acceptors (Lipinski definition) is 7. The second-order valence-electron chi connectivity index (χ2n) is 23.8. The zero-order valence-electron chi connectivity index (χ0n) is 53.0. The summed E-state index contributed by atoms with van der Waals surface area (Å²) in [6, 6.07) is 0. The smallest absolute Gasteiger partial charge is 0.361 e. The second-order valence-corrected chi connectivity index (χ2v) is 23.8. The third-order valence-electron chi connectivity index (χ3n) is 14.7. The zero-order chi connectivity index (χ0) is 58.3. The minimum atomic E-state index is -1.51. The molecule has 0 aliphatic carbocycles. The molecule has 0 saturated carbocycles. The molecule has 0 aromatic heterocycles. The maximum absolute atomic E-state index is 12.9. The van der Waals surface area contributed by atoms with Crippen molar-refractivity contribution in [2.75, 3.05) is 47.5 Å². The van der Waals surface area contributed by atoms with Gasteiger partial charge in [0.1, 0.15) is 13.2 Å². The summed E-state index contributed by atoms with van der Waals surface area (Å²) in [5.74, 6) is -1.99. The van der Waals surface area contributed by atoms with Crippen molar-refractivity contribution in [1.29, 1.82) is 0 Å². The highest BCUT2D eigenvalue weighted by Crippen LogP contribution is 2.18. The van der Waals surface area contributed by atoms with Crippen LogP contribution in [-0.2, 0) is 33.3 Å². The lowest BCUT2D eigenvalue weighted by Gasteiger charge is -2.25. The molecule has 0 aliphatic heterocycles. The minimum absolute atomic E-state index is 0.181. The highest BCUT2D eigenvalue weighted by molar-refractivity contribution is 5.71. The Labute approximate surface area is 494 Å². The Balaban J connectivity index is 4.14. The van der Waals surface area contributed by atoms with Gasteiger partial charge in [-0.3, -0.25) is 9.59 Å². The van der Waals surface area contributed by atoms with Gasteiger partial charge in [0.05, 0.1) is 34.4 Å². The monoisotopic (exact) mass is 1120 g/mol. The molecule has 0 rings (SSSR count). The fourth-order valence-electron chi connectivity index (χ4n) is 9.61. The molecule has 9 heteroatoms. The average Bonchev–Trinajstić information content (AvgIpc) is 3.43. The van der Waals surface area contributed by atoms with Gasteiger partial charge >= 0.3 is 17.9 Å². The first-order valence-corrected chi connectivity index (χ1v) is 33.6. The van der Waals surface area contributed by atoms with Crippen molar-refractivity contribution in [2.45, 2.75) is 315 Å². The molecule has 0 aromatic rings. The van der Waals surface area contributed by atoms with Crippen LogP contribution in [0.5, 0.6) is 0 Å². The maximum atomic E-state index is 12.9. The quantitative estimate of drug-likeness (QED) is 0.0211. The van der Waals surface area contributed by atoms with Crippen LogP contribution < -0.4 is 0 Å². The lowest BCUT2D eigenvalue weighted by molar-refractivity contribution is -0.870. The van der Waals surface area contributed by atoms with Crippen LogP contribution in [0.4, 0.5) is 0 Å². The summed E-state index contributed by atoms with van der Waals surface area (Å²) in [6.45, 7) is 4.81. The van der Waals surface area contributed by atoms with Crippen molar-refractivity contribution >= 4 is 17.9 Å². The number of unbranched alkanes of at least 4 members (excludes halogenated alkanes) is 35. The molecule has 0 saturated heterocycles. The predicted octanol–water partition coefficient (Wildman–Crippen LogP) is 20.5. The molecule has 0 aromatic carbocycles. The van der Waals surface area contributed by atoms with Gasteiger partial charge in [0.2, 0.25) is 0 Å². The third kappa shape index (κ3) is 62.3. The largest absolute Gasteiger partial charge is 0.477 e. The Bertz CT molecular complexity index is 1540. The number of aliphatic carboxylic acids is 1. The van der Waals surface area contributed by atoms with Crippen molar-refractivity contribution in [1.82, 2.24) is 0 Å². The number of hydrogen-bond donors (Lipinski definition) is 1. The SMILES string of the molecule is CC/C=C\C/C=C\C/C=C\C/C=C\C/C=C\C/C=C\CCCCCCCCCCCCCCC(=O)OC(COC(=O)CCCCCCCCCCCCCCCCCCCCCCCCCC)COC(OCC[N+](C)(C)C)C(=O)O. The van der Waals surface area contributed by atoms with Crippen LogP contribution in [0.25, 0.3) is 0 Å². The Hall–Kier alpha value is -3.27. The van der Waals surface area contributed by atoms with Gasteiger partial charge < -0.3 is 28.5 Å².